The highest BCUT2D eigenvalue weighted by atomic mass is 79.9. The summed E-state index contributed by atoms with van der Waals surface area (Å²) in [5.41, 5.74) is 1.58. The van der Waals surface area contributed by atoms with Crippen molar-refractivity contribution in [2.75, 3.05) is 5.32 Å². The van der Waals surface area contributed by atoms with Crippen LogP contribution in [0.4, 0.5) is 5.69 Å². The number of rotatable bonds is 4. The molecule has 0 saturated heterocycles. The van der Waals surface area contributed by atoms with E-state index in [1.165, 1.54) is 12.1 Å². The zero-order valence-electron chi connectivity index (χ0n) is 9.66. The molecule has 0 heterocycles. The Labute approximate surface area is 108 Å². The minimum atomic E-state index is -0.974. The predicted octanol–water partition coefficient (Wildman–Crippen LogP) is 2.81. The Hall–Kier alpha value is -1.36. The van der Waals surface area contributed by atoms with E-state index in [2.05, 4.69) is 21.2 Å². The normalized spacial score (nSPS) is 11.9. The monoisotopic (exact) mass is 299 g/mol. The number of alkyl halides is 1. The smallest absolute Gasteiger partial charge is 0.335 e. The van der Waals surface area contributed by atoms with Gasteiger partial charge in [-0.2, -0.15) is 0 Å². The number of amides is 1. The van der Waals surface area contributed by atoms with E-state index in [1.807, 2.05) is 6.92 Å². The first kappa shape index (κ1) is 13.7. The SMILES string of the molecule is CCC(Br)C(=O)Nc1ccc(C(=O)O)cc1C. The first-order chi connectivity index (χ1) is 7.95. The van der Waals surface area contributed by atoms with Gasteiger partial charge >= 0.3 is 5.97 Å². The lowest BCUT2D eigenvalue weighted by molar-refractivity contribution is -0.115. The topological polar surface area (TPSA) is 66.4 Å². The van der Waals surface area contributed by atoms with Crippen LogP contribution < -0.4 is 5.32 Å². The maximum atomic E-state index is 11.6. The Kier molecular flexibility index (Phi) is 4.69. The van der Waals surface area contributed by atoms with Gasteiger partial charge in [0.05, 0.1) is 10.4 Å². The number of carbonyl (C=O) groups excluding carboxylic acids is 1. The number of hydrogen-bond acceptors (Lipinski definition) is 2. The molecule has 0 saturated carbocycles. The molecular weight excluding hydrogens is 286 g/mol. The molecule has 17 heavy (non-hydrogen) atoms. The van der Waals surface area contributed by atoms with Crippen LogP contribution in [0.3, 0.4) is 0 Å². The number of hydrogen-bond donors (Lipinski definition) is 2. The molecule has 0 aliphatic rings. The van der Waals surface area contributed by atoms with Crippen LogP contribution in [0.25, 0.3) is 0 Å². The van der Waals surface area contributed by atoms with Crippen molar-refractivity contribution in [1.29, 1.82) is 0 Å². The van der Waals surface area contributed by atoms with Crippen molar-refractivity contribution in [2.24, 2.45) is 0 Å². The van der Waals surface area contributed by atoms with Gasteiger partial charge in [-0.25, -0.2) is 4.79 Å². The Bertz CT molecular complexity index is 445. The molecule has 0 radical (unpaired) electrons. The molecule has 0 aromatic heterocycles. The Morgan fingerprint density at radius 2 is 2.12 bits per heavy atom. The maximum Gasteiger partial charge on any atom is 0.335 e. The molecule has 0 aliphatic carbocycles. The second kappa shape index (κ2) is 5.82. The second-order valence-corrected chi connectivity index (χ2v) is 4.81. The molecule has 4 nitrogen and oxygen atoms in total. The van der Waals surface area contributed by atoms with E-state index in [4.69, 9.17) is 5.11 Å². The first-order valence-electron chi connectivity index (χ1n) is 5.24. The lowest BCUT2D eigenvalue weighted by Gasteiger charge is -2.11. The van der Waals surface area contributed by atoms with Gasteiger partial charge < -0.3 is 10.4 Å². The molecule has 0 bridgehead atoms. The van der Waals surface area contributed by atoms with Crippen molar-refractivity contribution in [3.8, 4) is 0 Å². The molecule has 1 amide bonds. The van der Waals surface area contributed by atoms with Crippen molar-refractivity contribution < 1.29 is 14.7 Å². The molecule has 1 aromatic rings. The predicted molar refractivity (Wildman–Crippen MR) is 69.8 cm³/mol. The minimum Gasteiger partial charge on any atom is -0.478 e. The van der Waals surface area contributed by atoms with Gasteiger partial charge in [0.15, 0.2) is 0 Å². The third-order valence-electron chi connectivity index (χ3n) is 2.37. The van der Waals surface area contributed by atoms with E-state index in [9.17, 15) is 9.59 Å². The molecule has 92 valence electrons. The first-order valence-corrected chi connectivity index (χ1v) is 6.16. The van der Waals surface area contributed by atoms with E-state index in [0.717, 1.165) is 5.56 Å². The van der Waals surface area contributed by atoms with Crippen LogP contribution in [0, 0.1) is 6.92 Å². The molecule has 0 spiro atoms. The van der Waals surface area contributed by atoms with Gasteiger partial charge in [0.2, 0.25) is 5.91 Å². The second-order valence-electron chi connectivity index (χ2n) is 3.70. The van der Waals surface area contributed by atoms with Gasteiger partial charge in [0.25, 0.3) is 0 Å². The van der Waals surface area contributed by atoms with E-state index in [0.29, 0.717) is 12.1 Å². The summed E-state index contributed by atoms with van der Waals surface area (Å²) in [6.45, 7) is 3.66. The van der Waals surface area contributed by atoms with Crippen LogP contribution in [0.5, 0.6) is 0 Å². The molecule has 2 N–H and O–H groups in total. The Balaban J connectivity index is 2.86. The summed E-state index contributed by atoms with van der Waals surface area (Å²) >= 11 is 3.26. The van der Waals surface area contributed by atoms with Gasteiger partial charge in [0, 0.05) is 5.69 Å². The number of nitrogens with one attached hydrogen (secondary N) is 1. The zero-order valence-corrected chi connectivity index (χ0v) is 11.2. The summed E-state index contributed by atoms with van der Waals surface area (Å²) in [7, 11) is 0. The number of carbonyl (C=O) groups is 2. The van der Waals surface area contributed by atoms with Crippen molar-refractivity contribution in [2.45, 2.75) is 25.1 Å². The third-order valence-corrected chi connectivity index (χ3v) is 3.44. The number of carboxylic acids is 1. The highest BCUT2D eigenvalue weighted by Crippen LogP contribution is 2.18. The fourth-order valence-corrected chi connectivity index (χ4v) is 1.45. The number of carboxylic acid groups (broad SMARTS) is 1. The van der Waals surface area contributed by atoms with Gasteiger partial charge in [-0.1, -0.05) is 22.9 Å². The van der Waals surface area contributed by atoms with Crippen molar-refractivity contribution in [3.63, 3.8) is 0 Å². The zero-order chi connectivity index (χ0) is 13.0. The Morgan fingerprint density at radius 1 is 1.47 bits per heavy atom. The third kappa shape index (κ3) is 3.56. The Morgan fingerprint density at radius 3 is 2.59 bits per heavy atom. The van der Waals surface area contributed by atoms with E-state index >= 15 is 0 Å². The van der Waals surface area contributed by atoms with E-state index in [1.54, 1.807) is 13.0 Å². The quantitative estimate of drug-likeness (QED) is 0.840. The van der Waals surface area contributed by atoms with Crippen LogP contribution in [-0.2, 0) is 4.79 Å². The molecule has 0 fully saturated rings. The van der Waals surface area contributed by atoms with Gasteiger partial charge in [-0.15, -0.1) is 0 Å². The molecule has 1 atom stereocenters. The van der Waals surface area contributed by atoms with Crippen molar-refractivity contribution >= 4 is 33.5 Å². The lowest BCUT2D eigenvalue weighted by atomic mass is 10.1. The number of benzene rings is 1. The number of anilines is 1. The summed E-state index contributed by atoms with van der Waals surface area (Å²) in [6.07, 6.45) is 0.693. The average molecular weight is 300 g/mol. The number of aryl methyl sites for hydroxylation is 1. The summed E-state index contributed by atoms with van der Waals surface area (Å²) < 4.78 is 0. The summed E-state index contributed by atoms with van der Waals surface area (Å²) in [6, 6.07) is 4.61. The summed E-state index contributed by atoms with van der Waals surface area (Å²) in [4.78, 5) is 22.2. The largest absolute Gasteiger partial charge is 0.478 e. The van der Waals surface area contributed by atoms with Gasteiger partial charge in [-0.05, 0) is 37.1 Å². The number of halogens is 1. The molecule has 1 rings (SSSR count). The van der Waals surface area contributed by atoms with Crippen molar-refractivity contribution in [1.82, 2.24) is 0 Å². The highest BCUT2D eigenvalue weighted by Gasteiger charge is 2.14. The van der Waals surface area contributed by atoms with Gasteiger partial charge in [0.1, 0.15) is 0 Å². The van der Waals surface area contributed by atoms with E-state index in [-0.39, 0.29) is 16.3 Å². The van der Waals surface area contributed by atoms with Crippen LogP contribution in [-0.4, -0.2) is 21.8 Å². The molecule has 1 unspecified atom stereocenters. The average Bonchev–Trinajstić information content (AvgIpc) is 2.30. The maximum absolute atomic E-state index is 11.6. The van der Waals surface area contributed by atoms with Crippen LogP contribution in [0.1, 0.15) is 29.3 Å². The fourth-order valence-electron chi connectivity index (χ4n) is 1.33. The summed E-state index contributed by atoms with van der Waals surface area (Å²) in [5, 5.41) is 11.6. The highest BCUT2D eigenvalue weighted by molar-refractivity contribution is 9.10. The molecule has 1 aromatic carbocycles. The van der Waals surface area contributed by atoms with Gasteiger partial charge in [-0.3, -0.25) is 4.79 Å². The standard InChI is InChI=1S/C12H14BrNO3/c1-3-9(13)11(15)14-10-5-4-8(12(16)17)6-7(10)2/h4-6,9H,3H2,1-2H3,(H,14,15)(H,16,17). The van der Waals surface area contributed by atoms with Crippen molar-refractivity contribution in [3.05, 3.63) is 29.3 Å². The summed E-state index contributed by atoms with van der Waals surface area (Å²) in [5.74, 6) is -1.10. The van der Waals surface area contributed by atoms with E-state index < -0.39 is 5.97 Å². The van der Waals surface area contributed by atoms with Crippen LogP contribution in [0.2, 0.25) is 0 Å². The molecule has 5 heteroatoms. The fraction of sp³-hybridized carbons (Fsp3) is 0.333. The minimum absolute atomic E-state index is 0.126. The molecule has 0 aliphatic heterocycles. The number of aromatic carboxylic acids is 1. The lowest BCUT2D eigenvalue weighted by Crippen LogP contribution is -2.22. The van der Waals surface area contributed by atoms with Crippen LogP contribution in [0.15, 0.2) is 18.2 Å². The van der Waals surface area contributed by atoms with Crippen LogP contribution >= 0.6 is 15.9 Å². The molecular formula is C12H14BrNO3.